The van der Waals surface area contributed by atoms with E-state index in [2.05, 4.69) is 29.2 Å². The molecule has 1 aliphatic carbocycles. The number of likely N-dealkylation sites (N-methyl/N-ethyl adjacent to an activating group) is 1. The van der Waals surface area contributed by atoms with Gasteiger partial charge in [-0.25, -0.2) is 0 Å². The predicted octanol–water partition coefficient (Wildman–Crippen LogP) is 2.48. The van der Waals surface area contributed by atoms with Crippen LogP contribution >= 0.6 is 24.0 Å². The lowest BCUT2D eigenvalue weighted by atomic mass is 9.83. The summed E-state index contributed by atoms with van der Waals surface area (Å²) in [5, 5.41) is 3.56. The molecule has 1 heterocycles. The van der Waals surface area contributed by atoms with Gasteiger partial charge in [0.25, 0.3) is 0 Å². The third-order valence-electron chi connectivity index (χ3n) is 4.33. The van der Waals surface area contributed by atoms with Crippen LogP contribution in [0.1, 0.15) is 39.0 Å². The van der Waals surface area contributed by atoms with E-state index in [1.807, 2.05) is 0 Å². The lowest BCUT2D eigenvalue weighted by Crippen LogP contribution is -2.42. The van der Waals surface area contributed by atoms with Crippen molar-refractivity contribution in [3.05, 3.63) is 0 Å². The first kappa shape index (κ1) is 17.0. The molecule has 0 atom stereocenters. The molecule has 0 spiro atoms. The molecule has 0 aromatic rings. The third kappa shape index (κ3) is 4.77. The van der Waals surface area contributed by atoms with Gasteiger partial charge in [-0.2, -0.15) is 0 Å². The van der Waals surface area contributed by atoms with Gasteiger partial charge in [-0.15, -0.1) is 24.0 Å². The first-order chi connectivity index (χ1) is 8.76. The smallest absolute Gasteiger partial charge is 0.193 e. The second-order valence-electron chi connectivity index (χ2n) is 5.63. The summed E-state index contributed by atoms with van der Waals surface area (Å²) >= 11 is 0. The van der Waals surface area contributed by atoms with Crippen molar-refractivity contribution in [3.8, 4) is 0 Å². The molecule has 1 N–H and O–H groups in total. The summed E-state index contributed by atoms with van der Waals surface area (Å²) in [5.41, 5.74) is 0.446. The van der Waals surface area contributed by atoms with E-state index in [9.17, 15) is 0 Å². The molecule has 2 rings (SSSR count). The average molecular weight is 381 g/mol. The van der Waals surface area contributed by atoms with Crippen LogP contribution in [0.4, 0.5) is 0 Å². The topological polar surface area (TPSA) is 36.9 Å². The molecule has 19 heavy (non-hydrogen) atoms. The van der Waals surface area contributed by atoms with E-state index in [-0.39, 0.29) is 24.0 Å². The maximum absolute atomic E-state index is 5.54. The number of nitrogens with one attached hydrogen (secondary N) is 1. The minimum absolute atomic E-state index is 0. The van der Waals surface area contributed by atoms with Crippen LogP contribution in [0.2, 0.25) is 0 Å². The monoisotopic (exact) mass is 381 g/mol. The molecule has 4 nitrogen and oxygen atoms in total. The zero-order chi connectivity index (χ0) is 12.8. The Hall–Kier alpha value is -0.0400. The summed E-state index contributed by atoms with van der Waals surface area (Å²) < 4.78 is 5.54. The van der Waals surface area contributed by atoms with Gasteiger partial charge in [0.05, 0.1) is 6.54 Å². The van der Waals surface area contributed by atoms with E-state index >= 15 is 0 Å². The maximum Gasteiger partial charge on any atom is 0.193 e. The number of guanidine groups is 1. The van der Waals surface area contributed by atoms with Crippen molar-refractivity contribution in [2.45, 2.75) is 39.0 Å². The highest BCUT2D eigenvalue weighted by molar-refractivity contribution is 14.0. The number of aliphatic imine (C=N–C) groups is 1. The molecule has 1 fully saturated rings. The van der Waals surface area contributed by atoms with E-state index in [4.69, 9.17) is 4.74 Å². The van der Waals surface area contributed by atoms with Crippen LogP contribution in [0.3, 0.4) is 0 Å². The molecule has 0 radical (unpaired) electrons. The largest absolute Gasteiger partial charge is 0.382 e. The number of nitrogens with zero attached hydrogens (tertiary/aromatic N) is 2. The molecule has 0 aromatic carbocycles. The average Bonchev–Trinajstić information content (AvgIpc) is 2.97. The van der Waals surface area contributed by atoms with Crippen LogP contribution in [0.5, 0.6) is 0 Å². The molecule has 5 heteroatoms. The van der Waals surface area contributed by atoms with Gasteiger partial charge in [-0.1, -0.05) is 12.8 Å². The zero-order valence-electron chi connectivity index (χ0n) is 12.3. The summed E-state index contributed by atoms with van der Waals surface area (Å²) in [7, 11) is 2.11. The Morgan fingerprint density at radius 1 is 1.37 bits per heavy atom. The summed E-state index contributed by atoms with van der Waals surface area (Å²) in [6.07, 6.45) is 6.60. The molecule has 0 saturated heterocycles. The van der Waals surface area contributed by atoms with Crippen molar-refractivity contribution in [2.75, 3.05) is 39.9 Å². The Labute approximate surface area is 134 Å². The SMILES string of the molecule is CCOCCC1(CNC2=NCCN2C)CCCC1.I. The van der Waals surface area contributed by atoms with Gasteiger partial charge in [0, 0.05) is 33.4 Å². The molecule has 2 aliphatic rings. The van der Waals surface area contributed by atoms with E-state index in [0.717, 1.165) is 38.8 Å². The van der Waals surface area contributed by atoms with Gasteiger partial charge in [0.15, 0.2) is 5.96 Å². The highest BCUT2D eigenvalue weighted by Crippen LogP contribution is 2.40. The fourth-order valence-corrected chi connectivity index (χ4v) is 3.06. The van der Waals surface area contributed by atoms with Crippen molar-refractivity contribution in [1.82, 2.24) is 10.2 Å². The van der Waals surface area contributed by atoms with Gasteiger partial charge < -0.3 is 15.0 Å². The Morgan fingerprint density at radius 2 is 2.11 bits per heavy atom. The Bertz CT molecular complexity index is 290. The van der Waals surface area contributed by atoms with E-state index in [0.29, 0.717) is 5.41 Å². The number of halogens is 1. The number of hydrogen-bond acceptors (Lipinski definition) is 4. The first-order valence-corrected chi connectivity index (χ1v) is 7.33. The highest BCUT2D eigenvalue weighted by atomic mass is 127. The van der Waals surface area contributed by atoms with Crippen molar-refractivity contribution in [1.29, 1.82) is 0 Å². The number of ether oxygens (including phenoxy) is 1. The van der Waals surface area contributed by atoms with Crippen LogP contribution in [-0.4, -0.2) is 50.8 Å². The van der Waals surface area contributed by atoms with Crippen LogP contribution in [0.15, 0.2) is 4.99 Å². The van der Waals surface area contributed by atoms with E-state index in [1.165, 1.54) is 32.1 Å². The summed E-state index contributed by atoms with van der Waals surface area (Å²) in [6, 6.07) is 0. The van der Waals surface area contributed by atoms with Crippen molar-refractivity contribution >= 4 is 29.9 Å². The second-order valence-corrected chi connectivity index (χ2v) is 5.63. The minimum Gasteiger partial charge on any atom is -0.382 e. The van der Waals surface area contributed by atoms with Crippen LogP contribution in [0, 0.1) is 5.41 Å². The van der Waals surface area contributed by atoms with Gasteiger partial charge >= 0.3 is 0 Å². The Kier molecular flexibility index (Phi) is 7.42. The minimum atomic E-state index is 0. The molecular weight excluding hydrogens is 353 g/mol. The molecule has 112 valence electrons. The zero-order valence-corrected chi connectivity index (χ0v) is 14.6. The predicted molar refractivity (Wildman–Crippen MR) is 90.4 cm³/mol. The molecule has 1 aliphatic heterocycles. The summed E-state index contributed by atoms with van der Waals surface area (Å²) in [4.78, 5) is 6.72. The van der Waals surface area contributed by atoms with Crippen molar-refractivity contribution in [2.24, 2.45) is 10.4 Å². The maximum atomic E-state index is 5.54. The van der Waals surface area contributed by atoms with Crippen molar-refractivity contribution < 1.29 is 4.74 Å². The summed E-state index contributed by atoms with van der Waals surface area (Å²) in [5.74, 6) is 1.08. The van der Waals surface area contributed by atoms with Gasteiger partial charge in [-0.3, -0.25) is 4.99 Å². The van der Waals surface area contributed by atoms with E-state index in [1.54, 1.807) is 0 Å². The van der Waals surface area contributed by atoms with E-state index < -0.39 is 0 Å². The second kappa shape index (κ2) is 8.29. The third-order valence-corrected chi connectivity index (χ3v) is 4.33. The fraction of sp³-hybridized carbons (Fsp3) is 0.929. The van der Waals surface area contributed by atoms with Crippen LogP contribution < -0.4 is 5.32 Å². The van der Waals surface area contributed by atoms with Gasteiger partial charge in [0.1, 0.15) is 0 Å². The number of rotatable bonds is 6. The molecule has 0 amide bonds. The number of hydrogen-bond donors (Lipinski definition) is 1. The molecule has 0 unspecified atom stereocenters. The highest BCUT2D eigenvalue weighted by Gasteiger charge is 2.34. The molecule has 1 saturated carbocycles. The normalized spacial score (nSPS) is 21.2. The quantitative estimate of drug-likeness (QED) is 0.568. The standard InChI is InChI=1S/C14H27N3O.HI/c1-3-18-11-8-14(6-4-5-7-14)12-16-13-15-9-10-17(13)2;/h3-12H2,1-2H3,(H,15,16);1H. The first-order valence-electron chi connectivity index (χ1n) is 7.33. The lowest BCUT2D eigenvalue weighted by molar-refractivity contribution is 0.105. The fourth-order valence-electron chi connectivity index (χ4n) is 3.06. The van der Waals surface area contributed by atoms with Crippen LogP contribution in [-0.2, 0) is 4.74 Å². The Balaban J connectivity index is 0.00000180. The van der Waals surface area contributed by atoms with Gasteiger partial charge in [0.2, 0.25) is 0 Å². The summed E-state index contributed by atoms with van der Waals surface area (Å²) in [6.45, 7) is 6.85. The van der Waals surface area contributed by atoms with Crippen LogP contribution in [0.25, 0.3) is 0 Å². The Morgan fingerprint density at radius 3 is 2.68 bits per heavy atom. The van der Waals surface area contributed by atoms with Gasteiger partial charge in [-0.05, 0) is 31.6 Å². The molecule has 0 aromatic heterocycles. The van der Waals surface area contributed by atoms with Crippen molar-refractivity contribution in [3.63, 3.8) is 0 Å². The lowest BCUT2D eigenvalue weighted by Gasteiger charge is -2.30. The molecular formula is C14H28IN3O. The molecule has 0 bridgehead atoms.